The molecule has 0 bridgehead atoms. The number of hydrogen-bond acceptors (Lipinski definition) is 3. The van der Waals surface area contributed by atoms with Crippen LogP contribution in [0.4, 0.5) is 0 Å². The minimum Gasteiger partial charge on any atom is -0.381 e. The third-order valence-corrected chi connectivity index (χ3v) is 8.01. The zero-order valence-electron chi connectivity index (χ0n) is 20.7. The van der Waals surface area contributed by atoms with Crippen molar-refractivity contribution < 1.29 is 19.1 Å². The Kier molecular flexibility index (Phi) is 24.0. The molecule has 31 heavy (non-hydrogen) atoms. The first-order valence-electron chi connectivity index (χ1n) is 13.2. The topological polar surface area (TPSA) is 66.8 Å². The minimum atomic E-state index is -3.98. The van der Waals surface area contributed by atoms with Crippen molar-refractivity contribution in [3.8, 4) is 0 Å². The van der Waals surface area contributed by atoms with Crippen LogP contribution in [0.15, 0.2) is 0 Å². The maximum absolute atomic E-state index is 11.5. The molecule has 0 rings (SSSR count). The SMILES string of the molecule is CCCCCCCCCCCSCC(COCCCCCCCCCC)CP(=O)(O)O. The minimum absolute atomic E-state index is 0.0431. The van der Waals surface area contributed by atoms with Gasteiger partial charge in [0.25, 0.3) is 0 Å². The number of thioether (sulfide) groups is 1. The molecule has 4 nitrogen and oxygen atoms in total. The van der Waals surface area contributed by atoms with Gasteiger partial charge in [-0.1, -0.05) is 110 Å². The predicted octanol–water partition coefficient (Wildman–Crippen LogP) is 8.20. The molecule has 6 heteroatoms. The van der Waals surface area contributed by atoms with Crippen molar-refractivity contribution in [1.29, 1.82) is 0 Å². The third-order valence-electron chi connectivity index (χ3n) is 5.74. The van der Waals surface area contributed by atoms with Gasteiger partial charge in [-0.25, -0.2) is 0 Å². The molecule has 0 fully saturated rings. The fraction of sp³-hybridized carbons (Fsp3) is 1.00. The van der Waals surface area contributed by atoms with Gasteiger partial charge >= 0.3 is 7.60 Å². The van der Waals surface area contributed by atoms with E-state index in [9.17, 15) is 14.4 Å². The molecule has 0 aliphatic heterocycles. The van der Waals surface area contributed by atoms with E-state index in [0.717, 1.165) is 24.5 Å². The van der Waals surface area contributed by atoms with Crippen LogP contribution in [0.25, 0.3) is 0 Å². The van der Waals surface area contributed by atoms with Crippen LogP contribution in [0.5, 0.6) is 0 Å². The average Bonchev–Trinajstić information content (AvgIpc) is 2.72. The largest absolute Gasteiger partial charge is 0.381 e. The highest BCUT2D eigenvalue weighted by Gasteiger charge is 2.21. The fourth-order valence-corrected chi connectivity index (χ4v) is 6.05. The van der Waals surface area contributed by atoms with E-state index < -0.39 is 7.60 Å². The van der Waals surface area contributed by atoms with Crippen LogP contribution in [-0.4, -0.2) is 40.7 Å². The quantitative estimate of drug-likeness (QED) is 0.102. The van der Waals surface area contributed by atoms with Gasteiger partial charge in [0.15, 0.2) is 0 Å². The third kappa shape index (κ3) is 26.6. The summed E-state index contributed by atoms with van der Waals surface area (Å²) in [5, 5.41) is 0. The maximum Gasteiger partial charge on any atom is 0.325 e. The van der Waals surface area contributed by atoms with E-state index in [-0.39, 0.29) is 12.1 Å². The smallest absolute Gasteiger partial charge is 0.325 e. The van der Waals surface area contributed by atoms with E-state index in [4.69, 9.17) is 4.74 Å². The summed E-state index contributed by atoms with van der Waals surface area (Å²) in [5.74, 6) is 1.84. The van der Waals surface area contributed by atoms with Gasteiger partial charge in [-0.15, -0.1) is 0 Å². The van der Waals surface area contributed by atoms with Crippen molar-refractivity contribution in [2.45, 2.75) is 123 Å². The fourth-order valence-electron chi connectivity index (χ4n) is 3.84. The van der Waals surface area contributed by atoms with Crippen LogP contribution in [0.1, 0.15) is 123 Å². The maximum atomic E-state index is 11.5. The Morgan fingerprint density at radius 3 is 1.65 bits per heavy atom. The first-order chi connectivity index (χ1) is 15.0. The highest BCUT2D eigenvalue weighted by atomic mass is 32.2. The number of rotatable bonds is 25. The summed E-state index contributed by atoms with van der Waals surface area (Å²) in [6.07, 6.45) is 22.1. The molecular weight excluding hydrogens is 427 g/mol. The zero-order valence-corrected chi connectivity index (χ0v) is 22.4. The lowest BCUT2D eigenvalue weighted by Crippen LogP contribution is -2.18. The Labute approximate surface area is 198 Å². The number of ether oxygens (including phenoxy) is 1. The monoisotopic (exact) mass is 480 g/mol. The van der Waals surface area contributed by atoms with Crippen molar-refractivity contribution in [3.05, 3.63) is 0 Å². The molecule has 1 unspecified atom stereocenters. The van der Waals surface area contributed by atoms with Gasteiger partial charge < -0.3 is 14.5 Å². The Morgan fingerprint density at radius 2 is 1.16 bits per heavy atom. The van der Waals surface area contributed by atoms with Gasteiger partial charge in [0.05, 0.1) is 12.8 Å². The van der Waals surface area contributed by atoms with Gasteiger partial charge in [-0.2, -0.15) is 11.8 Å². The Morgan fingerprint density at radius 1 is 0.710 bits per heavy atom. The van der Waals surface area contributed by atoms with E-state index in [0.29, 0.717) is 6.61 Å². The van der Waals surface area contributed by atoms with Crippen LogP contribution in [-0.2, 0) is 9.30 Å². The molecule has 0 saturated carbocycles. The second kappa shape index (κ2) is 23.6. The van der Waals surface area contributed by atoms with Gasteiger partial charge in [0, 0.05) is 12.5 Å². The summed E-state index contributed by atoms with van der Waals surface area (Å²) in [6, 6.07) is 0. The molecule has 0 aromatic carbocycles. The van der Waals surface area contributed by atoms with E-state index in [1.165, 1.54) is 103 Å². The molecule has 188 valence electrons. The summed E-state index contributed by atoms with van der Waals surface area (Å²) in [6.45, 7) is 5.69. The summed E-state index contributed by atoms with van der Waals surface area (Å²) in [4.78, 5) is 18.7. The van der Waals surface area contributed by atoms with E-state index in [1.54, 1.807) is 0 Å². The van der Waals surface area contributed by atoms with Crippen LogP contribution in [0.2, 0.25) is 0 Å². The molecule has 2 N–H and O–H groups in total. The molecule has 0 saturated heterocycles. The number of hydrogen-bond donors (Lipinski definition) is 2. The van der Waals surface area contributed by atoms with Crippen LogP contribution in [0, 0.1) is 5.92 Å². The molecule has 0 aromatic heterocycles. The molecule has 0 heterocycles. The standard InChI is InChI=1S/C25H53O4PS/c1-3-5-7-9-11-13-15-17-19-21-31-24-25(23-30(26,27)28)22-29-20-18-16-14-12-10-8-6-4-2/h25H,3-24H2,1-2H3,(H2,26,27,28). The molecule has 1 atom stereocenters. The first kappa shape index (κ1) is 31.5. The lowest BCUT2D eigenvalue weighted by atomic mass is 10.1. The predicted molar refractivity (Wildman–Crippen MR) is 138 cm³/mol. The Balaban J connectivity index is 3.69. The van der Waals surface area contributed by atoms with Crippen LogP contribution >= 0.6 is 19.4 Å². The van der Waals surface area contributed by atoms with Crippen LogP contribution in [0.3, 0.4) is 0 Å². The summed E-state index contributed by atoms with van der Waals surface area (Å²) in [7, 11) is -3.98. The van der Waals surface area contributed by atoms with E-state index in [2.05, 4.69) is 13.8 Å². The highest BCUT2D eigenvalue weighted by molar-refractivity contribution is 7.99. The summed E-state index contributed by atoms with van der Waals surface area (Å²) in [5.41, 5.74) is 0. The first-order valence-corrected chi connectivity index (χ1v) is 16.1. The second-order valence-electron chi connectivity index (χ2n) is 9.17. The van der Waals surface area contributed by atoms with Gasteiger partial charge in [-0.05, 0) is 24.3 Å². The Hall–Kier alpha value is 0.460. The zero-order chi connectivity index (χ0) is 23.0. The Bertz CT molecular complexity index is 403. The molecule has 0 radical (unpaired) electrons. The summed E-state index contributed by atoms with van der Waals surface area (Å²) < 4.78 is 17.2. The molecule has 0 aromatic rings. The van der Waals surface area contributed by atoms with Gasteiger partial charge in [-0.3, -0.25) is 4.57 Å². The van der Waals surface area contributed by atoms with Gasteiger partial charge in [0.2, 0.25) is 0 Å². The second-order valence-corrected chi connectivity index (χ2v) is 12.0. The molecular formula is C25H53O4PS. The van der Waals surface area contributed by atoms with Crippen molar-refractivity contribution in [1.82, 2.24) is 0 Å². The van der Waals surface area contributed by atoms with Crippen molar-refractivity contribution in [3.63, 3.8) is 0 Å². The molecule has 0 amide bonds. The highest BCUT2D eigenvalue weighted by Crippen LogP contribution is 2.37. The number of unbranched alkanes of at least 4 members (excludes halogenated alkanes) is 15. The lowest BCUT2D eigenvalue weighted by molar-refractivity contribution is 0.107. The molecule has 0 aliphatic rings. The average molecular weight is 481 g/mol. The normalized spacial score (nSPS) is 13.0. The van der Waals surface area contributed by atoms with E-state index >= 15 is 0 Å². The van der Waals surface area contributed by atoms with Crippen molar-refractivity contribution in [2.24, 2.45) is 5.92 Å². The van der Waals surface area contributed by atoms with Crippen molar-refractivity contribution >= 4 is 19.4 Å². The van der Waals surface area contributed by atoms with Gasteiger partial charge in [0.1, 0.15) is 0 Å². The lowest BCUT2D eigenvalue weighted by Gasteiger charge is -2.17. The summed E-state index contributed by atoms with van der Waals surface area (Å²) >= 11 is 1.83. The molecule has 0 spiro atoms. The van der Waals surface area contributed by atoms with E-state index in [1.807, 2.05) is 11.8 Å². The van der Waals surface area contributed by atoms with Crippen LogP contribution < -0.4 is 0 Å². The van der Waals surface area contributed by atoms with Crippen molar-refractivity contribution in [2.75, 3.05) is 30.9 Å². The molecule has 0 aliphatic carbocycles.